The summed E-state index contributed by atoms with van der Waals surface area (Å²) in [5, 5.41) is 9.49. The Morgan fingerprint density at radius 1 is 1.03 bits per heavy atom. The number of nitrogens with one attached hydrogen (secondary N) is 1. The molecule has 0 aliphatic heterocycles. The maximum Gasteiger partial charge on any atom is 0.336 e. The van der Waals surface area contributed by atoms with Crippen LogP contribution in [0, 0.1) is 11.8 Å². The average Bonchev–Trinajstić information content (AvgIpc) is 3.13. The third-order valence-corrected chi connectivity index (χ3v) is 6.64. The molecule has 0 amide bonds. The molecular weight excluding hydrogens is 428 g/mol. The first-order valence-electron chi connectivity index (χ1n) is 12.1. The highest BCUT2D eigenvalue weighted by molar-refractivity contribution is 5.97. The van der Waals surface area contributed by atoms with Crippen LogP contribution in [0.4, 0.5) is 0 Å². The molecule has 4 rings (SSSR count). The maximum absolute atomic E-state index is 13.5. The number of rotatable bonds is 8. The van der Waals surface area contributed by atoms with E-state index < -0.39 is 5.97 Å². The van der Waals surface area contributed by atoms with Gasteiger partial charge in [0, 0.05) is 11.6 Å². The van der Waals surface area contributed by atoms with Crippen molar-refractivity contribution in [3.63, 3.8) is 0 Å². The van der Waals surface area contributed by atoms with Gasteiger partial charge in [-0.1, -0.05) is 75.6 Å². The lowest BCUT2D eigenvalue weighted by atomic mass is 9.84. The molecule has 6 nitrogen and oxygen atoms in total. The van der Waals surface area contributed by atoms with Crippen LogP contribution < -0.4 is 5.69 Å². The Morgan fingerprint density at radius 2 is 1.71 bits per heavy atom. The van der Waals surface area contributed by atoms with Crippen LogP contribution in [0.2, 0.25) is 0 Å². The summed E-state index contributed by atoms with van der Waals surface area (Å²) >= 11 is 0. The van der Waals surface area contributed by atoms with Crippen molar-refractivity contribution in [2.24, 2.45) is 11.8 Å². The SMILES string of the molecule is CC(C)Cc1[nH]c(=O)n(Cc2ccc(-c3ccccc3C(=O)O)cc2)c1C(=O)C1CCCCC1. The fraction of sp³-hybridized carbons (Fsp3) is 0.393. The lowest BCUT2D eigenvalue weighted by molar-refractivity contribution is 0.0697. The molecule has 1 aliphatic rings. The van der Waals surface area contributed by atoms with E-state index in [0.29, 0.717) is 30.1 Å². The first-order chi connectivity index (χ1) is 16.3. The van der Waals surface area contributed by atoms with Gasteiger partial charge in [0.1, 0.15) is 5.69 Å². The van der Waals surface area contributed by atoms with Gasteiger partial charge < -0.3 is 10.1 Å². The summed E-state index contributed by atoms with van der Waals surface area (Å²) in [4.78, 5) is 41.0. The number of H-pyrrole nitrogens is 1. The highest BCUT2D eigenvalue weighted by Gasteiger charge is 2.29. The second-order valence-corrected chi connectivity index (χ2v) is 9.69. The first-order valence-corrected chi connectivity index (χ1v) is 12.1. The molecule has 6 heteroatoms. The van der Waals surface area contributed by atoms with Crippen LogP contribution in [-0.4, -0.2) is 26.4 Å². The van der Waals surface area contributed by atoms with E-state index in [-0.39, 0.29) is 23.0 Å². The van der Waals surface area contributed by atoms with Crippen molar-refractivity contribution in [2.75, 3.05) is 0 Å². The zero-order chi connectivity index (χ0) is 24.2. The second-order valence-electron chi connectivity index (χ2n) is 9.69. The molecule has 3 aromatic rings. The average molecular weight is 461 g/mol. The van der Waals surface area contributed by atoms with Crippen molar-refractivity contribution in [1.29, 1.82) is 0 Å². The van der Waals surface area contributed by atoms with Gasteiger partial charge in [-0.3, -0.25) is 9.36 Å². The number of Topliss-reactive ketones (excluding diaryl/α,β-unsaturated/α-hetero) is 1. The predicted octanol–water partition coefficient (Wildman–Crippen LogP) is 5.55. The molecule has 178 valence electrons. The van der Waals surface area contributed by atoms with Crippen molar-refractivity contribution in [2.45, 2.75) is 58.9 Å². The molecule has 2 aromatic carbocycles. The minimum atomic E-state index is -0.970. The Hall–Kier alpha value is -3.41. The largest absolute Gasteiger partial charge is 0.478 e. The van der Waals surface area contributed by atoms with Crippen LogP contribution in [0.1, 0.15) is 78.1 Å². The van der Waals surface area contributed by atoms with Crippen LogP contribution >= 0.6 is 0 Å². The fourth-order valence-electron chi connectivity index (χ4n) is 4.96. The van der Waals surface area contributed by atoms with Gasteiger partial charge in [-0.05, 0) is 47.9 Å². The first kappa shape index (κ1) is 23.7. The molecule has 0 radical (unpaired) electrons. The molecule has 1 aromatic heterocycles. The number of carbonyl (C=O) groups excluding carboxylic acids is 1. The van der Waals surface area contributed by atoms with Gasteiger partial charge >= 0.3 is 11.7 Å². The molecule has 2 N–H and O–H groups in total. The molecular formula is C28H32N2O4. The van der Waals surface area contributed by atoms with Crippen molar-refractivity contribution in [1.82, 2.24) is 9.55 Å². The highest BCUT2D eigenvalue weighted by Crippen LogP contribution is 2.29. The Morgan fingerprint density at radius 3 is 2.35 bits per heavy atom. The third-order valence-electron chi connectivity index (χ3n) is 6.64. The molecule has 1 heterocycles. The van der Waals surface area contributed by atoms with Crippen LogP contribution in [0.25, 0.3) is 11.1 Å². The molecule has 0 bridgehead atoms. The van der Waals surface area contributed by atoms with E-state index in [4.69, 9.17) is 0 Å². The van der Waals surface area contributed by atoms with Gasteiger partial charge in [0.2, 0.25) is 0 Å². The van der Waals surface area contributed by atoms with Gasteiger partial charge in [0.25, 0.3) is 0 Å². The predicted molar refractivity (Wildman–Crippen MR) is 132 cm³/mol. The number of hydrogen-bond acceptors (Lipinski definition) is 3. The van der Waals surface area contributed by atoms with Gasteiger partial charge in [0.15, 0.2) is 5.78 Å². The number of carboxylic acids is 1. The molecule has 0 spiro atoms. The summed E-state index contributed by atoms with van der Waals surface area (Å²) in [7, 11) is 0. The standard InChI is InChI=1S/C28H32N2O4/c1-18(2)16-24-25(26(31)21-8-4-3-5-9-21)30(28(34)29-24)17-19-12-14-20(15-13-19)22-10-6-7-11-23(22)27(32)33/h6-7,10-15,18,21H,3-5,8-9,16-17H2,1-2H3,(H,29,34)(H,32,33). The van der Waals surface area contributed by atoms with Crippen LogP contribution in [0.5, 0.6) is 0 Å². The number of aromatic nitrogens is 2. The lowest BCUT2D eigenvalue weighted by Gasteiger charge is -2.21. The van der Waals surface area contributed by atoms with Gasteiger partial charge in [0.05, 0.1) is 12.1 Å². The van der Waals surface area contributed by atoms with E-state index in [0.717, 1.165) is 42.5 Å². The highest BCUT2D eigenvalue weighted by atomic mass is 16.4. The Bertz CT molecular complexity index is 1230. The minimum Gasteiger partial charge on any atom is -0.478 e. The zero-order valence-corrected chi connectivity index (χ0v) is 19.8. The van der Waals surface area contributed by atoms with E-state index in [1.807, 2.05) is 30.3 Å². The smallest absolute Gasteiger partial charge is 0.336 e. The molecule has 0 unspecified atom stereocenters. The van der Waals surface area contributed by atoms with Gasteiger partial charge in [-0.25, -0.2) is 9.59 Å². The van der Waals surface area contributed by atoms with Gasteiger partial charge in [-0.15, -0.1) is 0 Å². The van der Waals surface area contributed by atoms with E-state index in [1.165, 1.54) is 6.42 Å². The molecule has 1 fully saturated rings. The maximum atomic E-state index is 13.5. The van der Waals surface area contributed by atoms with E-state index in [9.17, 15) is 19.5 Å². The van der Waals surface area contributed by atoms with Crippen LogP contribution in [0.3, 0.4) is 0 Å². The summed E-state index contributed by atoms with van der Waals surface area (Å²) in [5.74, 6) is -0.586. The number of benzene rings is 2. The lowest BCUT2D eigenvalue weighted by Crippen LogP contribution is -2.26. The summed E-state index contributed by atoms with van der Waals surface area (Å²) in [6.45, 7) is 4.46. The number of hydrogen-bond donors (Lipinski definition) is 2. The Balaban J connectivity index is 1.66. The van der Waals surface area contributed by atoms with E-state index in [1.54, 1.807) is 22.8 Å². The van der Waals surface area contributed by atoms with Gasteiger partial charge in [-0.2, -0.15) is 0 Å². The summed E-state index contributed by atoms with van der Waals surface area (Å²) in [6, 6.07) is 14.4. The number of carboxylic acid groups (broad SMARTS) is 1. The van der Waals surface area contributed by atoms with Crippen molar-refractivity contribution >= 4 is 11.8 Å². The fourth-order valence-corrected chi connectivity index (χ4v) is 4.96. The van der Waals surface area contributed by atoms with E-state index >= 15 is 0 Å². The number of aromatic amines is 1. The summed E-state index contributed by atoms with van der Waals surface area (Å²) in [6.07, 6.45) is 5.71. The molecule has 0 saturated heterocycles. The molecule has 1 saturated carbocycles. The Labute approximate surface area is 199 Å². The molecule has 1 aliphatic carbocycles. The van der Waals surface area contributed by atoms with Crippen molar-refractivity contribution in [3.05, 3.63) is 81.5 Å². The Kier molecular flexibility index (Phi) is 7.15. The number of aromatic carboxylic acids is 1. The minimum absolute atomic E-state index is 0.0176. The number of ketones is 1. The van der Waals surface area contributed by atoms with Crippen LogP contribution in [-0.2, 0) is 13.0 Å². The number of imidazole rings is 1. The topological polar surface area (TPSA) is 92.2 Å². The summed E-state index contributed by atoms with van der Waals surface area (Å²) < 4.78 is 1.59. The van der Waals surface area contributed by atoms with Crippen LogP contribution in [0.15, 0.2) is 53.3 Å². The van der Waals surface area contributed by atoms with Crippen molar-refractivity contribution in [3.8, 4) is 11.1 Å². The molecule has 0 atom stereocenters. The van der Waals surface area contributed by atoms with E-state index in [2.05, 4.69) is 18.8 Å². The number of nitrogens with zero attached hydrogens (tertiary/aromatic N) is 1. The normalized spacial score (nSPS) is 14.4. The zero-order valence-electron chi connectivity index (χ0n) is 19.8. The molecule has 34 heavy (non-hydrogen) atoms. The monoisotopic (exact) mass is 460 g/mol. The quantitative estimate of drug-likeness (QED) is 0.431. The van der Waals surface area contributed by atoms with Crippen molar-refractivity contribution < 1.29 is 14.7 Å². The summed E-state index contributed by atoms with van der Waals surface area (Å²) in [5.41, 5.74) is 3.58. The second kappa shape index (κ2) is 10.2. The third kappa shape index (κ3) is 5.06. The number of carbonyl (C=O) groups is 2.